The number of hydrogen-bond donors (Lipinski definition) is 2. The summed E-state index contributed by atoms with van der Waals surface area (Å²) in [7, 11) is 0. The second kappa shape index (κ2) is 8.09. The summed E-state index contributed by atoms with van der Waals surface area (Å²) in [5, 5.41) is 16.6. The summed E-state index contributed by atoms with van der Waals surface area (Å²) >= 11 is 1.21. The molecule has 1 aromatic carbocycles. The third kappa shape index (κ3) is 4.45. The summed E-state index contributed by atoms with van der Waals surface area (Å²) < 4.78 is 6.02. The Bertz CT molecular complexity index is 932. The third-order valence-corrected chi connectivity index (χ3v) is 4.89. The number of aromatic carboxylic acids is 1. The Hall–Kier alpha value is -2.74. The van der Waals surface area contributed by atoms with Gasteiger partial charge in [0, 0.05) is 29.6 Å². The van der Waals surface area contributed by atoms with Crippen LogP contribution >= 0.6 is 11.3 Å². The molecular formula is C18H19N3O4S. The molecule has 7 nitrogen and oxygen atoms in total. The zero-order valence-corrected chi connectivity index (χ0v) is 15.1. The van der Waals surface area contributed by atoms with Crippen molar-refractivity contribution in [3.8, 4) is 0 Å². The molecule has 0 aliphatic rings. The van der Waals surface area contributed by atoms with Crippen molar-refractivity contribution in [2.45, 2.75) is 39.0 Å². The lowest BCUT2D eigenvalue weighted by atomic mass is 10.2. The Kier molecular flexibility index (Phi) is 5.62. The number of thiophene rings is 1. The number of hydrogen-bond acceptors (Lipinski definition) is 6. The molecule has 0 fully saturated rings. The summed E-state index contributed by atoms with van der Waals surface area (Å²) in [4.78, 5) is 27.7. The summed E-state index contributed by atoms with van der Waals surface area (Å²) in [5.74, 6) is 0.213. The molecule has 26 heavy (non-hydrogen) atoms. The molecule has 0 atom stereocenters. The fraction of sp³-hybridized carbons (Fsp3) is 0.333. The first-order chi connectivity index (χ1) is 12.5. The molecule has 0 radical (unpaired) electrons. The van der Waals surface area contributed by atoms with Crippen LogP contribution in [0.2, 0.25) is 0 Å². The monoisotopic (exact) mass is 373 g/mol. The van der Waals surface area contributed by atoms with Crippen LogP contribution in [-0.2, 0) is 17.6 Å². The lowest BCUT2D eigenvalue weighted by Crippen LogP contribution is -2.11. The lowest BCUT2D eigenvalue weighted by Gasteiger charge is -2.04. The molecule has 1 amide bonds. The van der Waals surface area contributed by atoms with Gasteiger partial charge in [-0.2, -0.15) is 4.98 Å². The van der Waals surface area contributed by atoms with Crippen LogP contribution in [0.4, 0.5) is 5.69 Å². The molecule has 2 N–H and O–H groups in total. The van der Waals surface area contributed by atoms with Crippen molar-refractivity contribution >= 4 is 39.0 Å². The highest BCUT2D eigenvalue weighted by Gasteiger charge is 2.10. The molecule has 0 spiro atoms. The Balaban J connectivity index is 1.52. The summed E-state index contributed by atoms with van der Waals surface area (Å²) in [5.41, 5.74) is 0.653. The minimum absolute atomic E-state index is 0.105. The number of carboxylic acid groups (broad SMARTS) is 1. The Morgan fingerprint density at radius 2 is 2.12 bits per heavy atom. The number of carbonyl (C=O) groups excluding carboxylic acids is 1. The molecule has 136 valence electrons. The SMILES string of the molecule is CCCc1noc(CCCC(=O)Nc2ccc3sc(C(=O)O)cc3c2)n1. The van der Waals surface area contributed by atoms with Crippen molar-refractivity contribution in [3.05, 3.63) is 40.9 Å². The Morgan fingerprint density at radius 1 is 1.27 bits per heavy atom. The average Bonchev–Trinajstić information content (AvgIpc) is 3.21. The van der Waals surface area contributed by atoms with Gasteiger partial charge in [-0.1, -0.05) is 12.1 Å². The number of nitrogens with one attached hydrogen (secondary N) is 1. The molecule has 2 heterocycles. The van der Waals surface area contributed by atoms with Gasteiger partial charge in [0.05, 0.1) is 0 Å². The van der Waals surface area contributed by atoms with Crippen LogP contribution in [0, 0.1) is 0 Å². The minimum Gasteiger partial charge on any atom is -0.477 e. The van der Waals surface area contributed by atoms with Crippen molar-refractivity contribution in [1.82, 2.24) is 10.1 Å². The first-order valence-corrected chi connectivity index (χ1v) is 9.25. The molecular weight excluding hydrogens is 354 g/mol. The van der Waals surface area contributed by atoms with Gasteiger partial charge in [0.25, 0.3) is 0 Å². The molecule has 8 heteroatoms. The van der Waals surface area contributed by atoms with Crippen LogP contribution in [0.5, 0.6) is 0 Å². The average molecular weight is 373 g/mol. The van der Waals surface area contributed by atoms with Crippen molar-refractivity contribution in [2.75, 3.05) is 5.32 Å². The number of carbonyl (C=O) groups is 2. The number of nitrogens with zero attached hydrogens (tertiary/aromatic N) is 2. The highest BCUT2D eigenvalue weighted by atomic mass is 32.1. The second-order valence-corrected chi connectivity index (χ2v) is 7.01. The van der Waals surface area contributed by atoms with E-state index in [4.69, 9.17) is 9.63 Å². The minimum atomic E-state index is -0.945. The van der Waals surface area contributed by atoms with Crippen molar-refractivity contribution in [3.63, 3.8) is 0 Å². The molecule has 0 aliphatic heterocycles. The van der Waals surface area contributed by atoms with Crippen LogP contribution in [-0.4, -0.2) is 27.1 Å². The molecule has 0 aliphatic carbocycles. The lowest BCUT2D eigenvalue weighted by molar-refractivity contribution is -0.116. The highest BCUT2D eigenvalue weighted by Crippen LogP contribution is 2.28. The molecule has 3 aromatic rings. The normalized spacial score (nSPS) is 11.0. The van der Waals surface area contributed by atoms with Gasteiger partial charge in [-0.15, -0.1) is 11.3 Å². The molecule has 0 bridgehead atoms. The summed E-state index contributed by atoms with van der Waals surface area (Å²) in [6, 6.07) is 6.99. The topological polar surface area (TPSA) is 105 Å². The van der Waals surface area contributed by atoms with Crippen molar-refractivity contribution in [2.24, 2.45) is 0 Å². The van der Waals surface area contributed by atoms with Gasteiger partial charge in [-0.05, 0) is 42.5 Å². The predicted molar refractivity (Wildman–Crippen MR) is 98.6 cm³/mol. The van der Waals surface area contributed by atoms with Crippen LogP contribution < -0.4 is 5.32 Å². The number of carboxylic acids is 1. The van der Waals surface area contributed by atoms with E-state index in [-0.39, 0.29) is 10.8 Å². The largest absolute Gasteiger partial charge is 0.477 e. The van der Waals surface area contributed by atoms with Gasteiger partial charge in [0.2, 0.25) is 11.8 Å². The van der Waals surface area contributed by atoms with Gasteiger partial charge < -0.3 is 14.9 Å². The molecule has 0 unspecified atom stereocenters. The Labute approximate surface area is 154 Å². The van der Waals surface area contributed by atoms with Crippen LogP contribution in [0.1, 0.15) is 47.6 Å². The van der Waals surface area contributed by atoms with Crippen LogP contribution in [0.3, 0.4) is 0 Å². The number of anilines is 1. The number of aromatic nitrogens is 2. The van der Waals surface area contributed by atoms with Gasteiger partial charge in [-0.25, -0.2) is 4.79 Å². The maximum absolute atomic E-state index is 12.1. The van der Waals surface area contributed by atoms with E-state index in [1.54, 1.807) is 18.2 Å². The number of amides is 1. The summed E-state index contributed by atoms with van der Waals surface area (Å²) in [6.45, 7) is 2.05. The highest BCUT2D eigenvalue weighted by molar-refractivity contribution is 7.20. The van der Waals surface area contributed by atoms with Gasteiger partial charge in [-0.3, -0.25) is 4.79 Å². The first kappa shape index (κ1) is 18.1. The summed E-state index contributed by atoms with van der Waals surface area (Å²) in [6.07, 6.45) is 3.27. The van der Waals surface area contributed by atoms with E-state index in [1.807, 2.05) is 6.07 Å². The second-order valence-electron chi connectivity index (χ2n) is 5.92. The van der Waals surface area contributed by atoms with Gasteiger partial charge >= 0.3 is 5.97 Å². The smallest absolute Gasteiger partial charge is 0.345 e. The molecule has 0 saturated carbocycles. The number of fused-ring (bicyclic) bond motifs is 1. The predicted octanol–water partition coefficient (Wildman–Crippen LogP) is 3.90. The van der Waals surface area contributed by atoms with E-state index in [1.165, 1.54) is 11.3 Å². The molecule has 2 aromatic heterocycles. The van der Waals surface area contributed by atoms with Crippen molar-refractivity contribution < 1.29 is 19.2 Å². The maximum Gasteiger partial charge on any atom is 0.345 e. The van der Waals surface area contributed by atoms with E-state index < -0.39 is 5.97 Å². The quantitative estimate of drug-likeness (QED) is 0.620. The zero-order chi connectivity index (χ0) is 18.5. The number of aryl methyl sites for hydroxylation is 2. The van der Waals surface area contributed by atoms with E-state index in [2.05, 4.69) is 22.4 Å². The Morgan fingerprint density at radius 3 is 2.88 bits per heavy atom. The molecule has 3 rings (SSSR count). The van der Waals surface area contributed by atoms with Gasteiger partial charge in [0.1, 0.15) is 4.88 Å². The van der Waals surface area contributed by atoms with E-state index in [9.17, 15) is 9.59 Å². The van der Waals surface area contributed by atoms with E-state index >= 15 is 0 Å². The van der Waals surface area contributed by atoms with Gasteiger partial charge in [0.15, 0.2) is 5.82 Å². The maximum atomic E-state index is 12.1. The van der Waals surface area contributed by atoms with E-state index in [0.717, 1.165) is 22.9 Å². The zero-order valence-electron chi connectivity index (χ0n) is 14.3. The number of benzene rings is 1. The van der Waals surface area contributed by atoms with Crippen LogP contribution in [0.25, 0.3) is 10.1 Å². The fourth-order valence-corrected chi connectivity index (χ4v) is 3.45. The number of rotatable bonds is 8. The van der Waals surface area contributed by atoms with Crippen molar-refractivity contribution in [1.29, 1.82) is 0 Å². The third-order valence-electron chi connectivity index (χ3n) is 3.79. The first-order valence-electron chi connectivity index (χ1n) is 8.43. The molecule has 0 saturated heterocycles. The van der Waals surface area contributed by atoms with E-state index in [0.29, 0.717) is 36.7 Å². The fourth-order valence-electron chi connectivity index (χ4n) is 2.57. The van der Waals surface area contributed by atoms with Crippen LogP contribution in [0.15, 0.2) is 28.8 Å². The standard InChI is InChI=1S/C18H19N3O4S/c1-2-4-15-20-17(25-21-15)6-3-5-16(22)19-12-7-8-13-11(9-12)10-14(26-13)18(23)24/h7-10H,2-6H2,1H3,(H,19,22)(H,23,24).